The molecule has 0 saturated carbocycles. The molecule has 132 valence electrons. The lowest BCUT2D eigenvalue weighted by molar-refractivity contribution is 0.503. The van der Waals surface area contributed by atoms with Crippen molar-refractivity contribution in [3.8, 4) is 0 Å². The van der Waals surface area contributed by atoms with Crippen LogP contribution in [0.3, 0.4) is 0 Å². The fourth-order valence-corrected chi connectivity index (χ4v) is 2.90. The molecule has 0 aliphatic heterocycles. The van der Waals surface area contributed by atoms with E-state index in [9.17, 15) is 8.42 Å². The number of nitrogens with one attached hydrogen (secondary N) is 2. The van der Waals surface area contributed by atoms with Gasteiger partial charge in [-0.3, -0.25) is 4.99 Å². The molecule has 0 aliphatic carbocycles. The zero-order chi connectivity index (χ0) is 17.5. The van der Waals surface area contributed by atoms with Crippen LogP contribution in [0.15, 0.2) is 17.4 Å². The average Bonchev–Trinajstić information content (AvgIpc) is 2.87. The Bertz CT molecular complexity index is 607. The van der Waals surface area contributed by atoms with Gasteiger partial charge in [-0.25, -0.2) is 13.4 Å². The minimum atomic E-state index is -2.94. The summed E-state index contributed by atoms with van der Waals surface area (Å²) in [7, 11) is -1.25. The number of rotatable bonds is 8. The first-order valence-electron chi connectivity index (χ1n) is 7.86. The highest BCUT2D eigenvalue weighted by Gasteiger charge is 2.10. The highest BCUT2D eigenvalue weighted by molar-refractivity contribution is 7.90. The molecule has 1 heterocycles. The first kappa shape index (κ1) is 19.5. The summed E-state index contributed by atoms with van der Waals surface area (Å²) in [6, 6.07) is 0.0198. The quantitative estimate of drug-likeness (QED) is 0.544. The Morgan fingerprint density at radius 3 is 2.65 bits per heavy atom. The van der Waals surface area contributed by atoms with Gasteiger partial charge in [0.25, 0.3) is 0 Å². The number of imidazole rings is 1. The highest BCUT2D eigenvalue weighted by Crippen LogP contribution is 2.03. The van der Waals surface area contributed by atoms with Crippen LogP contribution in [0.1, 0.15) is 33.0 Å². The number of hydrogen-bond donors (Lipinski definition) is 2. The summed E-state index contributed by atoms with van der Waals surface area (Å²) in [6.07, 6.45) is 5.56. The highest BCUT2D eigenvalue weighted by atomic mass is 32.2. The molecule has 1 unspecified atom stereocenters. The summed E-state index contributed by atoms with van der Waals surface area (Å²) >= 11 is 0. The van der Waals surface area contributed by atoms with E-state index in [-0.39, 0.29) is 11.8 Å². The zero-order valence-electron chi connectivity index (χ0n) is 14.7. The van der Waals surface area contributed by atoms with E-state index in [0.29, 0.717) is 24.8 Å². The van der Waals surface area contributed by atoms with E-state index in [1.165, 1.54) is 6.26 Å². The lowest BCUT2D eigenvalue weighted by atomic mass is 10.2. The number of aliphatic imine (C=N–C) groups is 1. The predicted octanol–water partition coefficient (Wildman–Crippen LogP) is 1.03. The van der Waals surface area contributed by atoms with E-state index in [1.807, 2.05) is 13.1 Å². The zero-order valence-corrected chi connectivity index (χ0v) is 15.5. The Morgan fingerprint density at radius 1 is 1.39 bits per heavy atom. The molecule has 0 aliphatic rings. The normalized spacial score (nSPS) is 14.1. The van der Waals surface area contributed by atoms with E-state index in [2.05, 4.69) is 39.0 Å². The van der Waals surface area contributed by atoms with Crippen molar-refractivity contribution in [1.82, 2.24) is 20.2 Å². The SMILES string of the molecule is CN=C(NCc1nccn1CC(C)C)NC(C)CCS(C)(=O)=O. The molecule has 0 aromatic carbocycles. The summed E-state index contributed by atoms with van der Waals surface area (Å²) in [6.45, 7) is 7.77. The first-order chi connectivity index (χ1) is 10.7. The van der Waals surface area contributed by atoms with E-state index >= 15 is 0 Å². The van der Waals surface area contributed by atoms with Crippen LogP contribution in [-0.4, -0.2) is 49.0 Å². The second-order valence-electron chi connectivity index (χ2n) is 6.28. The number of guanidine groups is 1. The summed E-state index contributed by atoms with van der Waals surface area (Å²) in [4.78, 5) is 8.53. The molecule has 23 heavy (non-hydrogen) atoms. The van der Waals surface area contributed by atoms with Gasteiger partial charge in [-0.05, 0) is 19.3 Å². The van der Waals surface area contributed by atoms with Crippen LogP contribution in [0.25, 0.3) is 0 Å². The van der Waals surface area contributed by atoms with Crippen LogP contribution in [-0.2, 0) is 22.9 Å². The van der Waals surface area contributed by atoms with Crippen molar-refractivity contribution in [1.29, 1.82) is 0 Å². The van der Waals surface area contributed by atoms with Crippen molar-refractivity contribution in [2.75, 3.05) is 19.1 Å². The molecular weight excluding hydrogens is 314 g/mol. The van der Waals surface area contributed by atoms with Crippen molar-refractivity contribution in [3.05, 3.63) is 18.2 Å². The fourth-order valence-electron chi connectivity index (χ4n) is 2.12. The number of sulfone groups is 1. The molecule has 0 amide bonds. The van der Waals surface area contributed by atoms with Crippen molar-refractivity contribution in [2.24, 2.45) is 10.9 Å². The minimum Gasteiger partial charge on any atom is -0.354 e. The third kappa shape index (κ3) is 8.01. The van der Waals surface area contributed by atoms with Crippen LogP contribution in [0, 0.1) is 5.92 Å². The molecule has 2 N–H and O–H groups in total. The molecule has 0 spiro atoms. The summed E-state index contributed by atoms with van der Waals surface area (Å²) in [5.41, 5.74) is 0. The maximum absolute atomic E-state index is 11.2. The molecule has 0 saturated heterocycles. The van der Waals surface area contributed by atoms with E-state index < -0.39 is 9.84 Å². The fraction of sp³-hybridized carbons (Fsp3) is 0.733. The second-order valence-corrected chi connectivity index (χ2v) is 8.54. The molecule has 0 fully saturated rings. The van der Waals surface area contributed by atoms with Crippen LogP contribution < -0.4 is 10.6 Å². The standard InChI is InChI=1S/C15H29N5O2S/c1-12(2)11-20-8-7-17-14(20)10-18-15(16-4)19-13(3)6-9-23(5,21)22/h7-8,12-13H,6,9-11H2,1-5H3,(H2,16,18,19). The van der Waals surface area contributed by atoms with Gasteiger partial charge in [0.1, 0.15) is 15.7 Å². The Balaban J connectivity index is 2.50. The third-order valence-electron chi connectivity index (χ3n) is 3.31. The predicted molar refractivity (Wildman–Crippen MR) is 94.2 cm³/mol. The number of nitrogens with zero attached hydrogens (tertiary/aromatic N) is 3. The molecule has 8 heteroatoms. The molecular formula is C15H29N5O2S. The van der Waals surface area contributed by atoms with Gasteiger partial charge in [0.05, 0.1) is 12.3 Å². The Morgan fingerprint density at radius 2 is 2.09 bits per heavy atom. The van der Waals surface area contributed by atoms with Gasteiger partial charge in [0.2, 0.25) is 0 Å². The first-order valence-corrected chi connectivity index (χ1v) is 9.92. The largest absolute Gasteiger partial charge is 0.354 e. The summed E-state index contributed by atoms with van der Waals surface area (Å²) in [5, 5.41) is 6.42. The van der Waals surface area contributed by atoms with Gasteiger partial charge >= 0.3 is 0 Å². The van der Waals surface area contributed by atoms with E-state index in [4.69, 9.17) is 0 Å². The van der Waals surface area contributed by atoms with Gasteiger partial charge in [-0.1, -0.05) is 13.8 Å². The maximum atomic E-state index is 11.2. The van der Waals surface area contributed by atoms with E-state index in [0.717, 1.165) is 12.4 Å². The molecule has 0 radical (unpaired) electrons. The smallest absolute Gasteiger partial charge is 0.191 e. The van der Waals surface area contributed by atoms with Crippen molar-refractivity contribution >= 4 is 15.8 Å². The van der Waals surface area contributed by atoms with Gasteiger partial charge < -0.3 is 15.2 Å². The Labute approximate surface area is 139 Å². The van der Waals surface area contributed by atoms with Crippen LogP contribution in [0.2, 0.25) is 0 Å². The number of hydrogen-bond acceptors (Lipinski definition) is 4. The topological polar surface area (TPSA) is 88.4 Å². The monoisotopic (exact) mass is 343 g/mol. The maximum Gasteiger partial charge on any atom is 0.191 e. The van der Waals surface area contributed by atoms with Gasteiger partial charge in [0.15, 0.2) is 5.96 Å². The van der Waals surface area contributed by atoms with Crippen molar-refractivity contribution in [2.45, 2.75) is 46.3 Å². The summed E-state index contributed by atoms with van der Waals surface area (Å²) in [5.74, 6) is 2.31. The lowest BCUT2D eigenvalue weighted by Gasteiger charge is -2.18. The average molecular weight is 343 g/mol. The molecule has 1 aromatic heterocycles. The Kier molecular flexibility index (Phi) is 7.54. The molecule has 1 aromatic rings. The van der Waals surface area contributed by atoms with Crippen LogP contribution >= 0.6 is 0 Å². The van der Waals surface area contributed by atoms with Gasteiger partial charge in [-0.15, -0.1) is 0 Å². The molecule has 0 bridgehead atoms. The Hall–Kier alpha value is -1.57. The van der Waals surface area contributed by atoms with Gasteiger partial charge in [0, 0.05) is 38.3 Å². The molecule has 1 atom stereocenters. The van der Waals surface area contributed by atoms with Crippen LogP contribution in [0.4, 0.5) is 0 Å². The molecule has 7 nitrogen and oxygen atoms in total. The number of aromatic nitrogens is 2. The summed E-state index contributed by atoms with van der Waals surface area (Å²) < 4.78 is 24.5. The third-order valence-corrected chi connectivity index (χ3v) is 4.28. The lowest BCUT2D eigenvalue weighted by Crippen LogP contribution is -2.42. The minimum absolute atomic E-state index is 0.0198. The molecule has 1 rings (SSSR count). The van der Waals surface area contributed by atoms with Crippen molar-refractivity contribution < 1.29 is 8.42 Å². The van der Waals surface area contributed by atoms with E-state index in [1.54, 1.807) is 13.2 Å². The van der Waals surface area contributed by atoms with Crippen LogP contribution in [0.5, 0.6) is 0 Å². The van der Waals surface area contributed by atoms with Gasteiger partial charge in [-0.2, -0.15) is 0 Å². The van der Waals surface area contributed by atoms with Crippen molar-refractivity contribution in [3.63, 3.8) is 0 Å². The second kappa shape index (κ2) is 8.90.